The molecule has 6 nitrogen and oxygen atoms in total. The number of hydrogen-bond acceptors (Lipinski definition) is 4. The zero-order valence-corrected chi connectivity index (χ0v) is 15.4. The Morgan fingerprint density at radius 1 is 1.20 bits per heavy atom. The number of halogens is 2. The maximum Gasteiger partial charge on any atom is 0.381 e. The van der Waals surface area contributed by atoms with E-state index in [0.29, 0.717) is 21.6 Å². The van der Waals surface area contributed by atoms with Gasteiger partial charge in [0.2, 0.25) is 11.7 Å². The van der Waals surface area contributed by atoms with Crippen molar-refractivity contribution in [3.8, 4) is 5.88 Å². The van der Waals surface area contributed by atoms with E-state index in [0.717, 1.165) is 11.3 Å². The van der Waals surface area contributed by atoms with Crippen molar-refractivity contribution in [2.24, 2.45) is 0 Å². The van der Waals surface area contributed by atoms with Crippen LogP contribution >= 0.6 is 23.2 Å². The third-order valence-corrected chi connectivity index (χ3v) is 4.45. The molecule has 0 aliphatic carbocycles. The van der Waals surface area contributed by atoms with Gasteiger partial charge < -0.3 is 9.72 Å². The van der Waals surface area contributed by atoms with E-state index in [1.54, 1.807) is 36.0 Å². The van der Waals surface area contributed by atoms with Gasteiger partial charge >= 0.3 is 5.97 Å². The number of aromatic nitrogens is 4. The van der Waals surface area contributed by atoms with Gasteiger partial charge in [-0.05, 0) is 38.5 Å². The molecule has 3 aromatic rings. The number of H-pyrrole nitrogens is 1. The van der Waals surface area contributed by atoms with Gasteiger partial charge in [0.25, 0.3) is 0 Å². The van der Waals surface area contributed by atoms with Crippen LogP contribution < -0.4 is 4.74 Å². The fourth-order valence-corrected chi connectivity index (χ4v) is 2.73. The average molecular weight is 379 g/mol. The Balaban J connectivity index is 1.89. The van der Waals surface area contributed by atoms with Crippen molar-refractivity contribution in [2.45, 2.75) is 26.8 Å². The maximum absolute atomic E-state index is 12.3. The number of esters is 1. The van der Waals surface area contributed by atoms with Crippen LogP contribution in [0.4, 0.5) is 0 Å². The summed E-state index contributed by atoms with van der Waals surface area (Å²) in [7, 11) is 0. The Hall–Kier alpha value is -2.31. The molecule has 1 N–H and O–H groups in total. The monoisotopic (exact) mass is 378 g/mol. The normalized spacial score (nSPS) is 12.2. The average Bonchev–Trinajstić information content (AvgIpc) is 3.15. The lowest BCUT2D eigenvalue weighted by atomic mass is 10.1. The van der Waals surface area contributed by atoms with E-state index in [-0.39, 0.29) is 11.9 Å². The second-order valence-electron chi connectivity index (χ2n) is 5.70. The summed E-state index contributed by atoms with van der Waals surface area (Å²) >= 11 is 12.1. The van der Waals surface area contributed by atoms with Crippen molar-refractivity contribution in [3.63, 3.8) is 0 Å². The van der Waals surface area contributed by atoms with E-state index in [1.807, 2.05) is 19.9 Å². The van der Waals surface area contributed by atoms with E-state index < -0.39 is 5.97 Å². The van der Waals surface area contributed by atoms with Crippen molar-refractivity contribution in [1.82, 2.24) is 19.7 Å². The maximum atomic E-state index is 12.3. The summed E-state index contributed by atoms with van der Waals surface area (Å²) in [5.41, 5.74) is 2.33. The summed E-state index contributed by atoms with van der Waals surface area (Å²) < 4.78 is 7.10. The number of nitrogens with one attached hydrogen (secondary N) is 1. The molecule has 0 radical (unpaired) electrons. The molecule has 0 saturated carbocycles. The van der Waals surface area contributed by atoms with Crippen molar-refractivity contribution >= 4 is 29.2 Å². The lowest BCUT2D eigenvalue weighted by Gasteiger charge is -2.16. The minimum absolute atomic E-state index is 0.144. The Bertz CT molecular complexity index is 933. The number of hydrogen-bond donors (Lipinski definition) is 1. The van der Waals surface area contributed by atoms with Crippen LogP contribution in [0.15, 0.2) is 30.5 Å². The molecule has 8 heteroatoms. The molecule has 0 amide bonds. The predicted octanol–water partition coefficient (Wildman–Crippen LogP) is 4.36. The smallest absolute Gasteiger partial charge is 0.381 e. The zero-order valence-electron chi connectivity index (χ0n) is 13.9. The van der Waals surface area contributed by atoms with Crippen LogP contribution in [-0.4, -0.2) is 25.7 Å². The number of aryl methyl sites for hydroxylation is 2. The molecule has 0 aliphatic heterocycles. The van der Waals surface area contributed by atoms with Crippen molar-refractivity contribution in [3.05, 3.63) is 63.3 Å². The van der Waals surface area contributed by atoms with Crippen LogP contribution in [0.2, 0.25) is 10.0 Å². The number of aromatic amines is 1. The van der Waals surface area contributed by atoms with Crippen LogP contribution in [0.5, 0.6) is 5.88 Å². The van der Waals surface area contributed by atoms with Crippen LogP contribution in [0.25, 0.3) is 0 Å². The summed E-state index contributed by atoms with van der Waals surface area (Å²) in [4.78, 5) is 19.1. The van der Waals surface area contributed by atoms with E-state index in [9.17, 15) is 4.79 Å². The lowest BCUT2D eigenvalue weighted by molar-refractivity contribution is 0.0705. The molecule has 1 atom stereocenters. The van der Waals surface area contributed by atoms with E-state index in [1.165, 1.54) is 0 Å². The van der Waals surface area contributed by atoms with Crippen LogP contribution in [0.3, 0.4) is 0 Å². The number of carbonyl (C=O) groups excluding carboxylic acids is 1. The van der Waals surface area contributed by atoms with Crippen molar-refractivity contribution < 1.29 is 9.53 Å². The Morgan fingerprint density at radius 3 is 2.60 bits per heavy atom. The lowest BCUT2D eigenvalue weighted by Crippen LogP contribution is -2.16. The Morgan fingerprint density at radius 2 is 1.96 bits per heavy atom. The highest BCUT2D eigenvalue weighted by Crippen LogP contribution is 2.29. The van der Waals surface area contributed by atoms with E-state index in [4.69, 9.17) is 27.9 Å². The quantitative estimate of drug-likeness (QED) is 0.684. The highest BCUT2D eigenvalue weighted by atomic mass is 35.5. The highest BCUT2D eigenvalue weighted by molar-refractivity contribution is 6.42. The van der Waals surface area contributed by atoms with Gasteiger partial charge in [0.15, 0.2) is 0 Å². The molecule has 2 heterocycles. The Kier molecular flexibility index (Phi) is 4.83. The summed E-state index contributed by atoms with van der Waals surface area (Å²) in [6.45, 7) is 5.54. The fourth-order valence-electron chi connectivity index (χ4n) is 2.42. The molecule has 2 aromatic heterocycles. The molecule has 1 unspecified atom stereocenters. The minimum atomic E-state index is -0.574. The first kappa shape index (κ1) is 17.5. The molecule has 3 rings (SSSR count). The number of rotatable bonds is 4. The van der Waals surface area contributed by atoms with E-state index >= 15 is 0 Å². The minimum Gasteiger partial charge on any atom is -0.402 e. The number of benzene rings is 1. The molecule has 0 aliphatic rings. The van der Waals surface area contributed by atoms with Gasteiger partial charge in [-0.3, -0.25) is 0 Å². The third kappa shape index (κ3) is 3.70. The molecule has 0 fully saturated rings. The zero-order chi connectivity index (χ0) is 18.1. The number of imidazole rings is 1. The first-order valence-corrected chi connectivity index (χ1v) is 8.36. The first-order valence-electron chi connectivity index (χ1n) is 7.60. The van der Waals surface area contributed by atoms with Gasteiger partial charge in [0.1, 0.15) is 0 Å². The first-order chi connectivity index (χ1) is 11.8. The Labute approximate surface area is 154 Å². The molecule has 1 aromatic carbocycles. The summed E-state index contributed by atoms with van der Waals surface area (Å²) in [5.74, 6) is -0.101. The third-order valence-electron chi connectivity index (χ3n) is 3.71. The SMILES string of the molecule is Cc1c[nH]c(C(=O)Oc2cc(C)nn2C(C)c2ccc(Cl)c(Cl)c2)n1. The second-order valence-corrected chi connectivity index (χ2v) is 6.51. The van der Waals surface area contributed by atoms with Gasteiger partial charge in [-0.15, -0.1) is 0 Å². The van der Waals surface area contributed by atoms with Crippen molar-refractivity contribution in [2.75, 3.05) is 0 Å². The summed E-state index contributed by atoms with van der Waals surface area (Å²) in [6.07, 6.45) is 1.64. The topological polar surface area (TPSA) is 72.8 Å². The second kappa shape index (κ2) is 6.90. The largest absolute Gasteiger partial charge is 0.402 e. The molecule has 0 spiro atoms. The van der Waals surface area contributed by atoms with Gasteiger partial charge in [0.05, 0.1) is 27.5 Å². The van der Waals surface area contributed by atoms with E-state index in [2.05, 4.69) is 15.1 Å². The number of ether oxygens (including phenoxy) is 1. The van der Waals surface area contributed by atoms with Gasteiger partial charge in [-0.2, -0.15) is 5.10 Å². The summed E-state index contributed by atoms with van der Waals surface area (Å²) in [6, 6.07) is 6.85. The summed E-state index contributed by atoms with van der Waals surface area (Å²) in [5, 5.41) is 5.36. The standard InChI is InChI=1S/C17H16Cl2N4O2/c1-9-6-15(25-17(24)16-20-8-10(2)21-16)23(22-9)11(3)12-4-5-13(18)14(19)7-12/h4-8,11H,1-3H3,(H,20,21). The molecule has 0 saturated heterocycles. The van der Waals surface area contributed by atoms with Gasteiger partial charge in [0, 0.05) is 12.3 Å². The predicted molar refractivity (Wildman–Crippen MR) is 95.5 cm³/mol. The van der Waals surface area contributed by atoms with Crippen LogP contribution in [0, 0.1) is 13.8 Å². The molecular weight excluding hydrogens is 363 g/mol. The fraction of sp³-hybridized carbons (Fsp3) is 0.235. The number of carbonyl (C=O) groups is 1. The highest BCUT2D eigenvalue weighted by Gasteiger charge is 2.20. The van der Waals surface area contributed by atoms with Gasteiger partial charge in [-0.1, -0.05) is 29.3 Å². The molecule has 25 heavy (non-hydrogen) atoms. The van der Waals surface area contributed by atoms with Gasteiger partial charge in [-0.25, -0.2) is 14.5 Å². The number of nitrogens with zero attached hydrogens (tertiary/aromatic N) is 3. The molecule has 0 bridgehead atoms. The molecule has 130 valence electrons. The van der Waals surface area contributed by atoms with Crippen LogP contribution in [0.1, 0.15) is 40.5 Å². The molecular formula is C17H16Cl2N4O2. The van der Waals surface area contributed by atoms with Crippen molar-refractivity contribution in [1.29, 1.82) is 0 Å². The van der Waals surface area contributed by atoms with Crippen LogP contribution in [-0.2, 0) is 0 Å².